The molecule has 2 aliphatic rings. The number of aromatic nitrogens is 2. The fourth-order valence-electron chi connectivity index (χ4n) is 6.10. The van der Waals surface area contributed by atoms with Crippen molar-refractivity contribution in [2.45, 2.75) is 0 Å². The second kappa shape index (κ2) is 7.54. The molecule has 5 aromatic carbocycles. The van der Waals surface area contributed by atoms with Gasteiger partial charge in [0, 0.05) is 22.9 Å². The van der Waals surface area contributed by atoms with Crippen molar-refractivity contribution in [3.63, 3.8) is 0 Å². The number of hydrogen-bond acceptors (Lipinski definition) is 6. The molecule has 8 nitrogen and oxygen atoms in total. The van der Waals surface area contributed by atoms with E-state index in [4.69, 9.17) is 29.1 Å². The van der Waals surface area contributed by atoms with Gasteiger partial charge in [0.25, 0.3) is 0 Å². The molecular weight excluding hydrogens is 504 g/mol. The van der Waals surface area contributed by atoms with Gasteiger partial charge in [0.05, 0.1) is 32.8 Å². The average molecular weight is 525 g/mol. The summed E-state index contributed by atoms with van der Waals surface area (Å²) in [6.45, 7) is 0. The number of benzene rings is 5. The molecule has 0 atom stereocenters. The Morgan fingerprint density at radius 3 is 1.45 bits per heavy atom. The SMILES string of the molecule is COn1c2ccccc2c2c3c(ccc21)N=c1cc2c(cc1O3)=Nc1ccc3c(c1O2)c1ccccc1n3OC. The molecule has 7 aromatic rings. The first kappa shape index (κ1) is 21.4. The van der Waals surface area contributed by atoms with Crippen molar-refractivity contribution in [3.05, 3.63) is 95.6 Å². The Labute approximate surface area is 226 Å². The van der Waals surface area contributed by atoms with Gasteiger partial charge in [0.1, 0.15) is 36.3 Å². The molecular formula is C32H20N4O4. The number of nitrogens with zero attached hydrogens (tertiary/aromatic N) is 4. The van der Waals surface area contributed by atoms with Crippen LogP contribution in [0.3, 0.4) is 0 Å². The highest BCUT2D eigenvalue weighted by Crippen LogP contribution is 2.46. The molecule has 0 bridgehead atoms. The molecule has 2 aliphatic heterocycles. The smallest absolute Gasteiger partial charge is 0.163 e. The third kappa shape index (κ3) is 2.64. The highest BCUT2D eigenvalue weighted by atomic mass is 16.6. The topological polar surface area (TPSA) is 71.5 Å². The lowest BCUT2D eigenvalue weighted by molar-refractivity contribution is 0.190. The minimum Gasteiger partial charge on any atom is -0.452 e. The third-order valence-electron chi connectivity index (χ3n) is 7.76. The Kier molecular flexibility index (Phi) is 4.04. The van der Waals surface area contributed by atoms with Crippen LogP contribution in [0.1, 0.15) is 0 Å². The van der Waals surface area contributed by atoms with Gasteiger partial charge in [-0.1, -0.05) is 36.4 Å². The van der Waals surface area contributed by atoms with Crippen molar-refractivity contribution in [2.24, 2.45) is 9.98 Å². The maximum atomic E-state index is 6.56. The van der Waals surface area contributed by atoms with Gasteiger partial charge in [0.15, 0.2) is 23.0 Å². The van der Waals surface area contributed by atoms with Crippen LogP contribution in [0.5, 0.6) is 23.0 Å². The number of para-hydroxylation sites is 2. The van der Waals surface area contributed by atoms with Gasteiger partial charge in [-0.15, -0.1) is 0 Å². The summed E-state index contributed by atoms with van der Waals surface area (Å²) in [5, 5.41) is 5.36. The van der Waals surface area contributed by atoms with Crippen LogP contribution < -0.4 is 29.9 Å². The van der Waals surface area contributed by atoms with Crippen molar-refractivity contribution in [1.82, 2.24) is 9.46 Å². The lowest BCUT2D eigenvalue weighted by Gasteiger charge is -2.19. The largest absolute Gasteiger partial charge is 0.452 e. The van der Waals surface area contributed by atoms with Gasteiger partial charge >= 0.3 is 0 Å². The maximum absolute atomic E-state index is 6.56. The van der Waals surface area contributed by atoms with Crippen LogP contribution in [0.25, 0.3) is 43.6 Å². The van der Waals surface area contributed by atoms with Crippen molar-refractivity contribution < 1.29 is 19.1 Å². The highest BCUT2D eigenvalue weighted by Gasteiger charge is 2.25. The average Bonchev–Trinajstić information content (AvgIpc) is 3.50. The Morgan fingerprint density at radius 1 is 0.550 bits per heavy atom. The van der Waals surface area contributed by atoms with Crippen molar-refractivity contribution >= 4 is 55.0 Å². The lowest BCUT2D eigenvalue weighted by Crippen LogP contribution is -2.18. The normalized spacial score (nSPS) is 13.1. The van der Waals surface area contributed by atoms with E-state index in [1.54, 1.807) is 14.2 Å². The number of hydrogen-bond donors (Lipinski definition) is 0. The molecule has 40 heavy (non-hydrogen) atoms. The zero-order valence-corrected chi connectivity index (χ0v) is 21.5. The van der Waals surface area contributed by atoms with E-state index < -0.39 is 0 Å². The second-order valence-electron chi connectivity index (χ2n) is 9.82. The van der Waals surface area contributed by atoms with Crippen LogP contribution in [0.2, 0.25) is 0 Å². The maximum Gasteiger partial charge on any atom is 0.163 e. The van der Waals surface area contributed by atoms with Crippen LogP contribution in [0, 0.1) is 0 Å². The Morgan fingerprint density at radius 2 is 1.00 bits per heavy atom. The fourth-order valence-corrected chi connectivity index (χ4v) is 6.10. The molecule has 0 unspecified atom stereocenters. The Hall–Kier alpha value is -5.50. The Balaban J connectivity index is 1.26. The predicted octanol–water partition coefficient (Wildman–Crippen LogP) is 6.13. The summed E-state index contributed by atoms with van der Waals surface area (Å²) in [7, 11) is 3.33. The quantitative estimate of drug-likeness (QED) is 0.273. The molecule has 4 heterocycles. The minimum atomic E-state index is 0.626. The van der Waals surface area contributed by atoms with Crippen molar-refractivity contribution in [2.75, 3.05) is 14.2 Å². The molecule has 0 fully saturated rings. The first-order valence-corrected chi connectivity index (χ1v) is 12.9. The van der Waals surface area contributed by atoms with E-state index >= 15 is 0 Å². The first-order chi connectivity index (χ1) is 19.7. The molecule has 0 saturated carbocycles. The van der Waals surface area contributed by atoms with Crippen molar-refractivity contribution in [3.8, 4) is 23.0 Å². The van der Waals surface area contributed by atoms with E-state index in [-0.39, 0.29) is 0 Å². The molecule has 0 amide bonds. The molecule has 0 N–H and O–H groups in total. The molecule has 9 rings (SSSR count). The van der Waals surface area contributed by atoms with E-state index in [2.05, 4.69) is 12.1 Å². The summed E-state index contributed by atoms with van der Waals surface area (Å²) in [5.41, 5.74) is 5.26. The zero-order chi connectivity index (χ0) is 26.5. The van der Waals surface area contributed by atoms with Gasteiger partial charge < -0.3 is 19.1 Å². The minimum absolute atomic E-state index is 0.626. The summed E-state index contributed by atoms with van der Waals surface area (Å²) >= 11 is 0. The molecule has 0 saturated heterocycles. The summed E-state index contributed by atoms with van der Waals surface area (Å²) in [4.78, 5) is 21.4. The van der Waals surface area contributed by atoms with Gasteiger partial charge in [0.2, 0.25) is 0 Å². The number of ether oxygens (including phenoxy) is 2. The molecule has 0 spiro atoms. The van der Waals surface area contributed by atoms with Gasteiger partial charge in [-0.25, -0.2) is 9.98 Å². The first-order valence-electron chi connectivity index (χ1n) is 12.9. The third-order valence-corrected chi connectivity index (χ3v) is 7.76. The number of fused-ring (bicyclic) bond motifs is 12. The lowest BCUT2D eigenvalue weighted by atomic mass is 10.1. The molecule has 8 heteroatoms. The number of rotatable bonds is 2. The van der Waals surface area contributed by atoms with Crippen LogP contribution in [-0.2, 0) is 0 Å². The summed E-state index contributed by atoms with van der Waals surface area (Å²) in [6.07, 6.45) is 0. The van der Waals surface area contributed by atoms with E-state index in [0.29, 0.717) is 33.7 Å². The van der Waals surface area contributed by atoms with Crippen LogP contribution in [0.15, 0.2) is 94.9 Å². The van der Waals surface area contributed by atoms with Crippen LogP contribution >= 0.6 is 0 Å². The zero-order valence-electron chi connectivity index (χ0n) is 21.5. The fraction of sp³-hybridized carbons (Fsp3) is 0.0625. The Bertz CT molecular complexity index is 2200. The van der Waals surface area contributed by atoms with Gasteiger partial charge in [-0.2, -0.15) is 9.46 Å². The molecule has 0 radical (unpaired) electrons. The summed E-state index contributed by atoms with van der Waals surface area (Å²) < 4.78 is 16.8. The van der Waals surface area contributed by atoms with Crippen molar-refractivity contribution in [1.29, 1.82) is 0 Å². The molecule has 192 valence electrons. The summed E-state index contributed by atoms with van der Waals surface area (Å²) in [5.74, 6) is 2.65. The van der Waals surface area contributed by atoms with E-state index in [1.165, 1.54) is 0 Å². The van der Waals surface area contributed by atoms with E-state index in [9.17, 15) is 0 Å². The van der Waals surface area contributed by atoms with Crippen LogP contribution in [0.4, 0.5) is 11.4 Å². The highest BCUT2D eigenvalue weighted by molar-refractivity contribution is 6.14. The standard InChI is InChI=1S/C32H20N4O4/c1-37-35-23-9-5-3-7-17(23)29-25(35)13-11-19-31(29)39-27-15-22-28(16-21(27)33-19)40-32-20(34-22)12-14-26-30(32)18-8-4-6-10-24(18)36(26)38-2/h3-16H,1-2H3. The van der Waals surface area contributed by atoms with Gasteiger partial charge in [-0.05, 0) is 36.4 Å². The van der Waals surface area contributed by atoms with Crippen LogP contribution in [-0.4, -0.2) is 23.7 Å². The van der Waals surface area contributed by atoms with Gasteiger partial charge in [-0.3, -0.25) is 0 Å². The second-order valence-corrected chi connectivity index (χ2v) is 9.82. The van der Waals surface area contributed by atoms with E-state index in [0.717, 1.165) is 55.0 Å². The predicted molar refractivity (Wildman–Crippen MR) is 152 cm³/mol. The monoisotopic (exact) mass is 524 g/mol. The molecule has 2 aromatic heterocycles. The summed E-state index contributed by atoms with van der Waals surface area (Å²) in [6, 6.07) is 28.0. The van der Waals surface area contributed by atoms with E-state index in [1.807, 2.05) is 82.3 Å². The molecule has 0 aliphatic carbocycles.